The molecule has 0 rings (SSSR count). The molecule has 0 fully saturated rings. The fourth-order valence-corrected chi connectivity index (χ4v) is 1.25. The molecule has 0 aliphatic carbocycles. The third-order valence-corrected chi connectivity index (χ3v) is 2.11. The van der Waals surface area contributed by atoms with Crippen LogP contribution in [-0.4, -0.2) is 35.1 Å². The van der Waals surface area contributed by atoms with Crippen molar-refractivity contribution >= 4 is 5.97 Å². The molecule has 0 bridgehead atoms. The molecule has 1 N–H and O–H groups in total. The zero-order chi connectivity index (χ0) is 11.0. The van der Waals surface area contributed by atoms with E-state index in [-0.39, 0.29) is 6.42 Å². The van der Waals surface area contributed by atoms with Gasteiger partial charge in [0, 0.05) is 19.0 Å². The number of nitrogens with zero attached hydrogens (tertiary/aromatic N) is 1. The Hall–Kier alpha value is -1.01. The lowest BCUT2D eigenvalue weighted by Gasteiger charge is -2.25. The Morgan fingerprint density at radius 3 is 2.57 bits per heavy atom. The highest BCUT2D eigenvalue weighted by atomic mass is 16.4. The molecule has 0 atom stereocenters. The van der Waals surface area contributed by atoms with Crippen LogP contribution in [0.5, 0.6) is 0 Å². The van der Waals surface area contributed by atoms with E-state index in [9.17, 15) is 4.79 Å². The van der Waals surface area contributed by atoms with Crippen LogP contribution in [0.3, 0.4) is 0 Å². The second-order valence-electron chi connectivity index (χ2n) is 3.58. The number of hydrogen-bond acceptors (Lipinski definition) is 2. The van der Waals surface area contributed by atoms with Crippen LogP contribution in [-0.2, 0) is 4.79 Å². The van der Waals surface area contributed by atoms with E-state index < -0.39 is 5.97 Å². The van der Waals surface area contributed by atoms with Crippen molar-refractivity contribution in [3.05, 3.63) is 0 Å². The van der Waals surface area contributed by atoms with Crippen molar-refractivity contribution in [3.63, 3.8) is 0 Å². The quantitative estimate of drug-likeness (QED) is 0.497. The minimum absolute atomic E-state index is 0.203. The predicted octanol–water partition coefficient (Wildman–Crippen LogP) is 1.58. The van der Waals surface area contributed by atoms with Gasteiger partial charge in [-0.15, -0.1) is 12.3 Å². The number of hydrogen-bond donors (Lipinski definition) is 1. The lowest BCUT2D eigenvalue weighted by atomic mass is 10.2. The van der Waals surface area contributed by atoms with Crippen molar-refractivity contribution in [3.8, 4) is 12.3 Å². The predicted molar refractivity (Wildman–Crippen MR) is 57.0 cm³/mol. The molecule has 0 amide bonds. The van der Waals surface area contributed by atoms with Crippen molar-refractivity contribution < 1.29 is 9.90 Å². The first-order valence-electron chi connectivity index (χ1n) is 4.97. The topological polar surface area (TPSA) is 40.5 Å². The summed E-state index contributed by atoms with van der Waals surface area (Å²) in [6.45, 7) is 5.63. The highest BCUT2D eigenvalue weighted by Crippen LogP contribution is 2.02. The molecular weight excluding hydrogens is 178 g/mol. The Kier molecular flexibility index (Phi) is 6.87. The van der Waals surface area contributed by atoms with Gasteiger partial charge in [-0.25, -0.2) is 0 Å². The minimum atomic E-state index is -0.743. The lowest BCUT2D eigenvalue weighted by Crippen LogP contribution is -2.33. The molecule has 0 aromatic heterocycles. The molecule has 0 saturated heterocycles. The van der Waals surface area contributed by atoms with Crippen LogP contribution in [0.25, 0.3) is 0 Å². The van der Waals surface area contributed by atoms with Crippen LogP contribution < -0.4 is 0 Å². The molecule has 80 valence electrons. The Morgan fingerprint density at radius 2 is 2.14 bits per heavy atom. The number of unbranched alkanes of at least 4 members (excludes halogenated alkanes) is 1. The van der Waals surface area contributed by atoms with Gasteiger partial charge in [0.05, 0.1) is 6.42 Å². The first kappa shape index (κ1) is 13.0. The summed E-state index contributed by atoms with van der Waals surface area (Å²) in [7, 11) is 0. The van der Waals surface area contributed by atoms with Crippen molar-refractivity contribution in [2.75, 3.05) is 13.1 Å². The van der Waals surface area contributed by atoms with E-state index >= 15 is 0 Å². The molecule has 0 saturated carbocycles. The van der Waals surface area contributed by atoms with E-state index in [0.29, 0.717) is 12.6 Å². The molecule has 3 heteroatoms. The Morgan fingerprint density at radius 1 is 1.50 bits per heavy atom. The van der Waals surface area contributed by atoms with Crippen LogP contribution in [0, 0.1) is 12.3 Å². The number of rotatable bonds is 7. The summed E-state index contributed by atoms with van der Waals surface area (Å²) in [5.41, 5.74) is 0. The van der Waals surface area contributed by atoms with Gasteiger partial charge in [0.15, 0.2) is 0 Å². The maximum absolute atomic E-state index is 10.4. The standard InChI is InChI=1S/C11H19NO2/c1-4-5-6-8-12(10(2)3)9-7-11(13)14/h1,10H,5-9H2,2-3H3,(H,13,14). The van der Waals surface area contributed by atoms with Crippen molar-refractivity contribution in [2.24, 2.45) is 0 Å². The van der Waals surface area contributed by atoms with E-state index in [1.165, 1.54) is 0 Å². The molecule has 3 nitrogen and oxygen atoms in total. The summed E-state index contributed by atoms with van der Waals surface area (Å²) >= 11 is 0. The molecule has 14 heavy (non-hydrogen) atoms. The molecule has 0 aromatic carbocycles. The SMILES string of the molecule is C#CCCCN(CCC(=O)O)C(C)C. The van der Waals surface area contributed by atoms with E-state index in [1.54, 1.807) is 0 Å². The van der Waals surface area contributed by atoms with Crippen LogP contribution in [0.2, 0.25) is 0 Å². The fraction of sp³-hybridized carbons (Fsp3) is 0.727. The number of aliphatic carboxylic acids is 1. The monoisotopic (exact) mass is 197 g/mol. The summed E-state index contributed by atoms with van der Waals surface area (Å²) in [5, 5.41) is 8.56. The summed E-state index contributed by atoms with van der Waals surface area (Å²) in [4.78, 5) is 12.5. The maximum atomic E-state index is 10.4. The van der Waals surface area contributed by atoms with Gasteiger partial charge in [0.1, 0.15) is 0 Å². The number of carboxylic acids is 1. The number of carbonyl (C=O) groups is 1. The second-order valence-corrected chi connectivity index (χ2v) is 3.58. The van der Waals surface area contributed by atoms with E-state index in [4.69, 9.17) is 11.5 Å². The van der Waals surface area contributed by atoms with Gasteiger partial charge in [0.25, 0.3) is 0 Å². The fourth-order valence-electron chi connectivity index (χ4n) is 1.25. The smallest absolute Gasteiger partial charge is 0.304 e. The third-order valence-electron chi connectivity index (χ3n) is 2.11. The van der Waals surface area contributed by atoms with Gasteiger partial charge >= 0.3 is 5.97 Å². The minimum Gasteiger partial charge on any atom is -0.481 e. The normalized spacial score (nSPS) is 10.5. The third kappa shape index (κ3) is 6.50. The van der Waals surface area contributed by atoms with Gasteiger partial charge in [-0.2, -0.15) is 0 Å². The molecular formula is C11H19NO2. The van der Waals surface area contributed by atoms with E-state index in [0.717, 1.165) is 19.4 Å². The van der Waals surface area contributed by atoms with Crippen LogP contribution >= 0.6 is 0 Å². The summed E-state index contributed by atoms with van der Waals surface area (Å²) in [6.07, 6.45) is 7.05. The number of terminal acetylenes is 1. The maximum Gasteiger partial charge on any atom is 0.304 e. The number of carboxylic acid groups (broad SMARTS) is 1. The van der Waals surface area contributed by atoms with Crippen LogP contribution in [0.15, 0.2) is 0 Å². The zero-order valence-electron chi connectivity index (χ0n) is 8.99. The van der Waals surface area contributed by atoms with Crippen molar-refractivity contribution in [1.29, 1.82) is 0 Å². The Bertz CT molecular complexity index is 206. The molecule has 0 radical (unpaired) electrons. The summed E-state index contributed by atoms with van der Waals surface area (Å²) < 4.78 is 0. The Balaban J connectivity index is 3.79. The Labute approximate surface area is 86.1 Å². The van der Waals surface area contributed by atoms with Gasteiger partial charge < -0.3 is 10.0 Å². The zero-order valence-corrected chi connectivity index (χ0v) is 8.99. The van der Waals surface area contributed by atoms with Crippen molar-refractivity contribution in [1.82, 2.24) is 4.90 Å². The highest BCUT2D eigenvalue weighted by Gasteiger charge is 2.10. The van der Waals surface area contributed by atoms with Crippen molar-refractivity contribution in [2.45, 2.75) is 39.2 Å². The largest absolute Gasteiger partial charge is 0.481 e. The van der Waals surface area contributed by atoms with Gasteiger partial charge in [0.2, 0.25) is 0 Å². The first-order valence-corrected chi connectivity index (χ1v) is 4.97. The summed E-state index contributed by atoms with van der Waals surface area (Å²) in [5.74, 6) is 1.84. The molecule has 0 unspecified atom stereocenters. The average Bonchev–Trinajstić information content (AvgIpc) is 2.10. The summed E-state index contributed by atoms with van der Waals surface area (Å²) in [6, 6.07) is 0.382. The second kappa shape index (κ2) is 7.40. The van der Waals surface area contributed by atoms with E-state index in [1.807, 2.05) is 0 Å². The van der Waals surface area contributed by atoms with Crippen LogP contribution in [0.1, 0.15) is 33.1 Å². The molecule has 0 aliphatic rings. The first-order chi connectivity index (χ1) is 6.57. The van der Waals surface area contributed by atoms with Gasteiger partial charge in [-0.05, 0) is 26.8 Å². The van der Waals surface area contributed by atoms with Gasteiger partial charge in [-0.1, -0.05) is 0 Å². The van der Waals surface area contributed by atoms with Gasteiger partial charge in [-0.3, -0.25) is 4.79 Å². The lowest BCUT2D eigenvalue weighted by molar-refractivity contribution is -0.137. The highest BCUT2D eigenvalue weighted by molar-refractivity contribution is 5.66. The molecule has 0 spiro atoms. The van der Waals surface area contributed by atoms with Crippen LogP contribution in [0.4, 0.5) is 0 Å². The molecule has 0 heterocycles. The molecule has 0 aliphatic heterocycles. The molecule has 0 aromatic rings. The van der Waals surface area contributed by atoms with E-state index in [2.05, 4.69) is 24.7 Å². The average molecular weight is 197 g/mol.